The van der Waals surface area contributed by atoms with Crippen LogP contribution < -0.4 is 4.74 Å². The molecule has 0 N–H and O–H groups in total. The van der Waals surface area contributed by atoms with Crippen molar-refractivity contribution in [3.8, 4) is 22.8 Å². The summed E-state index contributed by atoms with van der Waals surface area (Å²) in [5.74, 6) is 1.59. The van der Waals surface area contributed by atoms with Crippen LogP contribution in [0.3, 0.4) is 0 Å². The molecular formula is C20H23N5O2S. The number of aromatic nitrogens is 4. The lowest BCUT2D eigenvalue weighted by Crippen LogP contribution is -2.42. The van der Waals surface area contributed by atoms with Crippen LogP contribution >= 0.6 is 12.2 Å². The molecule has 0 radical (unpaired) electrons. The maximum Gasteiger partial charge on any atom is 0.204 e. The van der Waals surface area contributed by atoms with Crippen LogP contribution in [0.15, 0.2) is 48.8 Å². The van der Waals surface area contributed by atoms with E-state index in [2.05, 4.69) is 16.8 Å². The molecule has 0 spiro atoms. The summed E-state index contributed by atoms with van der Waals surface area (Å²) in [5.41, 5.74) is 1.91. The molecule has 1 fully saturated rings. The lowest BCUT2D eigenvalue weighted by Gasteiger charge is -2.30. The summed E-state index contributed by atoms with van der Waals surface area (Å²) in [6.45, 7) is 5.18. The van der Waals surface area contributed by atoms with Gasteiger partial charge in [0, 0.05) is 31.0 Å². The number of methoxy groups -OCH3 is 1. The summed E-state index contributed by atoms with van der Waals surface area (Å²) in [7, 11) is 1.66. The highest BCUT2D eigenvalue weighted by molar-refractivity contribution is 7.71. The van der Waals surface area contributed by atoms with Crippen molar-refractivity contribution in [2.24, 2.45) is 0 Å². The molecule has 2 aromatic heterocycles. The van der Waals surface area contributed by atoms with E-state index in [-0.39, 0.29) is 6.10 Å². The van der Waals surface area contributed by atoms with E-state index in [1.54, 1.807) is 19.5 Å². The number of morpholine rings is 1. The summed E-state index contributed by atoms with van der Waals surface area (Å²) < 4.78 is 15.5. The highest BCUT2D eigenvalue weighted by Crippen LogP contribution is 2.24. The maximum absolute atomic E-state index is 5.81. The molecule has 0 bridgehead atoms. The van der Waals surface area contributed by atoms with Crippen LogP contribution in [0.25, 0.3) is 17.1 Å². The maximum atomic E-state index is 5.81. The minimum absolute atomic E-state index is 0.214. The lowest BCUT2D eigenvalue weighted by molar-refractivity contribution is -0.0306. The average Bonchev–Trinajstić information content (AvgIpc) is 3.05. The van der Waals surface area contributed by atoms with E-state index in [9.17, 15) is 0 Å². The first kappa shape index (κ1) is 18.8. The smallest absolute Gasteiger partial charge is 0.204 e. The van der Waals surface area contributed by atoms with Gasteiger partial charge in [0.2, 0.25) is 4.77 Å². The normalized spacial score (nSPS) is 17.6. The minimum atomic E-state index is 0.214. The van der Waals surface area contributed by atoms with Gasteiger partial charge in [-0.25, -0.2) is 4.68 Å². The number of nitrogens with zero attached hydrogens (tertiary/aromatic N) is 5. The number of hydrogen-bond donors (Lipinski definition) is 0. The van der Waals surface area contributed by atoms with Crippen molar-refractivity contribution < 1.29 is 9.47 Å². The molecule has 1 unspecified atom stereocenters. The first-order valence-electron chi connectivity index (χ1n) is 9.24. The van der Waals surface area contributed by atoms with Crippen LogP contribution in [0.1, 0.15) is 6.92 Å². The summed E-state index contributed by atoms with van der Waals surface area (Å²) in [4.78, 5) is 6.43. The molecule has 0 amide bonds. The zero-order valence-corrected chi connectivity index (χ0v) is 16.8. The van der Waals surface area contributed by atoms with Gasteiger partial charge in [-0.3, -0.25) is 14.5 Å². The van der Waals surface area contributed by atoms with Gasteiger partial charge >= 0.3 is 0 Å². The molecule has 0 saturated carbocycles. The van der Waals surface area contributed by atoms with Gasteiger partial charge < -0.3 is 9.47 Å². The third-order valence-corrected chi connectivity index (χ3v) is 5.16. The van der Waals surface area contributed by atoms with E-state index >= 15 is 0 Å². The van der Waals surface area contributed by atoms with E-state index in [1.165, 1.54) is 0 Å². The van der Waals surface area contributed by atoms with Crippen molar-refractivity contribution in [2.75, 3.05) is 26.8 Å². The van der Waals surface area contributed by atoms with Crippen molar-refractivity contribution in [2.45, 2.75) is 19.7 Å². The van der Waals surface area contributed by atoms with Crippen LogP contribution in [-0.2, 0) is 11.4 Å². The van der Waals surface area contributed by atoms with Gasteiger partial charge in [-0.2, -0.15) is 0 Å². The number of rotatable bonds is 5. The summed E-state index contributed by atoms with van der Waals surface area (Å²) in [6.07, 6.45) is 3.74. The van der Waals surface area contributed by atoms with Crippen LogP contribution in [0.4, 0.5) is 0 Å². The van der Waals surface area contributed by atoms with Gasteiger partial charge in [0.1, 0.15) is 5.75 Å². The highest BCUT2D eigenvalue weighted by Gasteiger charge is 2.20. The Bertz CT molecular complexity index is 984. The largest absolute Gasteiger partial charge is 0.497 e. The molecule has 1 atom stereocenters. The molecule has 1 aromatic carbocycles. The molecule has 1 aliphatic heterocycles. The van der Waals surface area contributed by atoms with E-state index < -0.39 is 0 Å². The molecule has 4 rings (SSSR count). The lowest BCUT2D eigenvalue weighted by atomic mass is 10.2. The number of pyridine rings is 1. The van der Waals surface area contributed by atoms with Crippen molar-refractivity contribution in [3.63, 3.8) is 0 Å². The zero-order chi connectivity index (χ0) is 19.5. The van der Waals surface area contributed by atoms with Crippen molar-refractivity contribution in [1.82, 2.24) is 24.2 Å². The van der Waals surface area contributed by atoms with Gasteiger partial charge in [-0.05, 0) is 55.5 Å². The molecule has 146 valence electrons. The second-order valence-electron chi connectivity index (χ2n) is 6.77. The molecule has 3 heterocycles. The molecule has 8 heteroatoms. The molecule has 28 heavy (non-hydrogen) atoms. The number of ether oxygens (including phenoxy) is 2. The van der Waals surface area contributed by atoms with Gasteiger partial charge in [-0.1, -0.05) is 0 Å². The molecule has 1 saturated heterocycles. The summed E-state index contributed by atoms with van der Waals surface area (Å²) in [5, 5.41) is 4.85. The third kappa shape index (κ3) is 3.84. The van der Waals surface area contributed by atoms with Crippen molar-refractivity contribution >= 4 is 12.2 Å². The Kier molecular flexibility index (Phi) is 5.52. The Balaban J connectivity index is 1.76. The molecule has 0 aliphatic carbocycles. The van der Waals surface area contributed by atoms with Crippen molar-refractivity contribution in [1.29, 1.82) is 0 Å². The Labute approximate surface area is 169 Å². The Morgan fingerprint density at radius 2 is 1.93 bits per heavy atom. The number of benzene rings is 1. The predicted octanol–water partition coefficient (Wildman–Crippen LogP) is 3.15. The van der Waals surface area contributed by atoms with Gasteiger partial charge in [0.25, 0.3) is 0 Å². The fourth-order valence-electron chi connectivity index (χ4n) is 3.36. The summed E-state index contributed by atoms with van der Waals surface area (Å²) in [6, 6.07) is 11.7. The third-order valence-electron chi connectivity index (χ3n) is 4.77. The first-order valence-corrected chi connectivity index (χ1v) is 9.65. The van der Waals surface area contributed by atoms with E-state index in [0.29, 0.717) is 11.4 Å². The molecule has 3 aromatic rings. The molecular weight excluding hydrogens is 374 g/mol. The molecule has 1 aliphatic rings. The second kappa shape index (κ2) is 8.22. The standard InChI is InChI=1S/C20H23N5O2S/c1-15-13-23(11-12-27-15)14-24-20(28)25(17-3-5-18(26-2)6-4-17)19(22-24)16-7-9-21-10-8-16/h3-10,15H,11-14H2,1-2H3. The Hall–Kier alpha value is -2.55. The van der Waals surface area contributed by atoms with E-state index in [1.807, 2.05) is 45.6 Å². The quantitative estimate of drug-likeness (QED) is 0.617. The molecule has 7 nitrogen and oxygen atoms in total. The topological polar surface area (TPSA) is 57.3 Å². The monoisotopic (exact) mass is 397 g/mol. The van der Waals surface area contributed by atoms with Crippen molar-refractivity contribution in [3.05, 3.63) is 53.6 Å². The predicted molar refractivity (Wildman–Crippen MR) is 109 cm³/mol. The van der Waals surface area contributed by atoms with Crippen LogP contribution in [0.2, 0.25) is 0 Å². The zero-order valence-electron chi connectivity index (χ0n) is 16.0. The highest BCUT2D eigenvalue weighted by atomic mass is 32.1. The van der Waals surface area contributed by atoms with E-state index in [0.717, 1.165) is 42.5 Å². The van der Waals surface area contributed by atoms with Gasteiger partial charge in [0.15, 0.2) is 5.82 Å². The number of hydrogen-bond acceptors (Lipinski definition) is 6. The van der Waals surface area contributed by atoms with Gasteiger partial charge in [-0.15, -0.1) is 5.10 Å². The Morgan fingerprint density at radius 1 is 1.18 bits per heavy atom. The average molecular weight is 398 g/mol. The van der Waals surface area contributed by atoms with E-state index in [4.69, 9.17) is 26.8 Å². The van der Waals surface area contributed by atoms with Crippen LogP contribution in [0.5, 0.6) is 5.75 Å². The Morgan fingerprint density at radius 3 is 2.61 bits per heavy atom. The second-order valence-corrected chi connectivity index (χ2v) is 7.14. The SMILES string of the molecule is COc1ccc(-n2c(-c3ccncc3)nn(CN3CCOC(C)C3)c2=S)cc1. The van der Waals surface area contributed by atoms with Crippen LogP contribution in [-0.4, -0.2) is 57.1 Å². The first-order chi connectivity index (χ1) is 13.7. The van der Waals surface area contributed by atoms with Gasteiger partial charge in [0.05, 0.1) is 32.2 Å². The fraction of sp³-hybridized carbons (Fsp3) is 0.350. The van der Waals surface area contributed by atoms with Crippen LogP contribution in [0, 0.1) is 4.77 Å². The summed E-state index contributed by atoms with van der Waals surface area (Å²) >= 11 is 5.81. The minimum Gasteiger partial charge on any atom is -0.497 e. The fourth-order valence-corrected chi connectivity index (χ4v) is 3.65.